The topological polar surface area (TPSA) is 63.1 Å². The monoisotopic (exact) mass is 362 g/mol. The Morgan fingerprint density at radius 2 is 1.96 bits per heavy atom. The van der Waals surface area contributed by atoms with Gasteiger partial charge in [-0.25, -0.2) is 0 Å². The van der Waals surface area contributed by atoms with Gasteiger partial charge < -0.3 is 19.9 Å². The number of nitrogens with one attached hydrogen (secondary N) is 1. The summed E-state index contributed by atoms with van der Waals surface area (Å²) in [6.07, 6.45) is 0. The number of aliphatic imine (C=N–C) groups is 1. The van der Waals surface area contributed by atoms with Crippen LogP contribution in [0.1, 0.15) is 5.56 Å². The molecule has 0 amide bonds. The van der Waals surface area contributed by atoms with Gasteiger partial charge in [0.1, 0.15) is 23.9 Å². The second-order valence-corrected chi connectivity index (χ2v) is 6.40. The molecule has 3 aromatic rings. The number of hydrogen-bond donors (Lipinski definition) is 2. The maximum atomic E-state index is 10.0. The summed E-state index contributed by atoms with van der Waals surface area (Å²) in [5, 5.41) is 15.5. The van der Waals surface area contributed by atoms with Gasteiger partial charge in [-0.05, 0) is 34.5 Å². The van der Waals surface area contributed by atoms with Gasteiger partial charge in [-0.1, -0.05) is 36.4 Å². The Morgan fingerprint density at radius 1 is 1.07 bits per heavy atom. The number of hydrogen-bond acceptors (Lipinski definition) is 5. The first-order valence-electron chi connectivity index (χ1n) is 9.03. The number of phenolic OH excluding ortho intramolecular Hbond substituents is 1. The van der Waals surface area contributed by atoms with Crippen molar-refractivity contribution in [3.05, 3.63) is 60.2 Å². The van der Waals surface area contributed by atoms with E-state index in [0.717, 1.165) is 52.1 Å². The van der Waals surface area contributed by atoms with E-state index in [1.807, 2.05) is 24.3 Å². The number of fused-ring (bicyclic) bond motifs is 1. The first kappa shape index (κ1) is 17.4. The average Bonchev–Trinajstić information content (AvgIpc) is 3.22. The molecule has 0 saturated carbocycles. The molecule has 1 aliphatic rings. The zero-order valence-corrected chi connectivity index (χ0v) is 15.2. The summed E-state index contributed by atoms with van der Waals surface area (Å²) in [6.45, 7) is 2.49. The normalized spacial score (nSPS) is 13.4. The molecule has 1 aliphatic heterocycles. The summed E-state index contributed by atoms with van der Waals surface area (Å²) < 4.78 is 11.4. The molecule has 27 heavy (non-hydrogen) atoms. The van der Waals surface area contributed by atoms with E-state index in [-0.39, 0.29) is 5.75 Å². The van der Waals surface area contributed by atoms with Crippen molar-refractivity contribution in [1.82, 2.24) is 5.32 Å². The molecule has 0 fully saturated rings. The van der Waals surface area contributed by atoms with Crippen molar-refractivity contribution in [1.29, 1.82) is 0 Å². The SMILES string of the molecule is COCCOc1c(C2=NCCN2)cc2ccccc2c1-c1cccc(O)c1. The Balaban J connectivity index is 1.99. The van der Waals surface area contributed by atoms with E-state index in [4.69, 9.17) is 9.47 Å². The summed E-state index contributed by atoms with van der Waals surface area (Å²) in [5.74, 6) is 1.82. The maximum absolute atomic E-state index is 10.0. The lowest BCUT2D eigenvalue weighted by Crippen LogP contribution is -2.21. The van der Waals surface area contributed by atoms with Crippen LogP contribution in [-0.2, 0) is 4.74 Å². The van der Waals surface area contributed by atoms with Crippen LogP contribution in [0.2, 0.25) is 0 Å². The van der Waals surface area contributed by atoms with Crippen molar-refractivity contribution in [2.75, 3.05) is 33.4 Å². The average molecular weight is 362 g/mol. The van der Waals surface area contributed by atoms with Crippen LogP contribution in [0, 0.1) is 0 Å². The summed E-state index contributed by atoms with van der Waals surface area (Å²) in [7, 11) is 1.66. The zero-order valence-electron chi connectivity index (χ0n) is 15.2. The van der Waals surface area contributed by atoms with Gasteiger partial charge in [0.2, 0.25) is 0 Å². The van der Waals surface area contributed by atoms with Gasteiger partial charge in [-0.2, -0.15) is 0 Å². The van der Waals surface area contributed by atoms with Crippen LogP contribution in [0.4, 0.5) is 0 Å². The fourth-order valence-corrected chi connectivity index (χ4v) is 3.41. The molecule has 5 heteroatoms. The number of ether oxygens (including phenoxy) is 2. The molecular formula is C22H22N2O3. The number of rotatable bonds is 6. The van der Waals surface area contributed by atoms with Gasteiger partial charge in [0.05, 0.1) is 18.7 Å². The highest BCUT2D eigenvalue weighted by Crippen LogP contribution is 2.41. The molecule has 0 spiro atoms. The molecule has 3 aromatic carbocycles. The summed E-state index contributed by atoms with van der Waals surface area (Å²) in [5.41, 5.74) is 2.78. The van der Waals surface area contributed by atoms with E-state index in [1.54, 1.807) is 19.2 Å². The van der Waals surface area contributed by atoms with E-state index in [1.165, 1.54) is 0 Å². The fourth-order valence-electron chi connectivity index (χ4n) is 3.41. The first-order valence-corrected chi connectivity index (χ1v) is 9.03. The van der Waals surface area contributed by atoms with Crippen molar-refractivity contribution >= 4 is 16.6 Å². The summed E-state index contributed by atoms with van der Waals surface area (Å²) in [6, 6.07) is 17.6. The molecule has 0 bridgehead atoms. The number of phenols is 1. The summed E-state index contributed by atoms with van der Waals surface area (Å²) in [4.78, 5) is 4.60. The lowest BCUT2D eigenvalue weighted by Gasteiger charge is -2.19. The highest BCUT2D eigenvalue weighted by molar-refractivity contribution is 6.11. The van der Waals surface area contributed by atoms with Crippen LogP contribution >= 0.6 is 0 Å². The molecule has 0 saturated heterocycles. The molecule has 0 unspecified atom stereocenters. The van der Waals surface area contributed by atoms with Crippen molar-refractivity contribution in [2.45, 2.75) is 0 Å². The van der Waals surface area contributed by atoms with Gasteiger partial charge in [0.25, 0.3) is 0 Å². The predicted octanol–water partition coefficient (Wildman–Crippen LogP) is 3.59. The Morgan fingerprint density at radius 3 is 2.74 bits per heavy atom. The van der Waals surface area contributed by atoms with Crippen molar-refractivity contribution in [3.8, 4) is 22.6 Å². The molecule has 0 aromatic heterocycles. The van der Waals surface area contributed by atoms with Crippen molar-refractivity contribution in [3.63, 3.8) is 0 Å². The third-order valence-corrected chi connectivity index (χ3v) is 4.60. The van der Waals surface area contributed by atoms with E-state index in [2.05, 4.69) is 28.5 Å². The van der Waals surface area contributed by atoms with Gasteiger partial charge >= 0.3 is 0 Å². The predicted molar refractivity (Wildman–Crippen MR) is 108 cm³/mol. The third kappa shape index (κ3) is 3.46. The molecule has 138 valence electrons. The lowest BCUT2D eigenvalue weighted by molar-refractivity contribution is 0.146. The summed E-state index contributed by atoms with van der Waals surface area (Å²) >= 11 is 0. The van der Waals surface area contributed by atoms with Crippen LogP contribution in [0.5, 0.6) is 11.5 Å². The number of nitrogens with zero attached hydrogens (tertiary/aromatic N) is 1. The molecule has 4 rings (SSSR count). The van der Waals surface area contributed by atoms with Crippen LogP contribution < -0.4 is 10.1 Å². The molecule has 2 N–H and O–H groups in total. The minimum atomic E-state index is 0.223. The van der Waals surface area contributed by atoms with Gasteiger partial charge in [-0.15, -0.1) is 0 Å². The number of benzene rings is 3. The Kier molecular flexibility index (Phi) is 4.94. The van der Waals surface area contributed by atoms with Crippen molar-refractivity contribution < 1.29 is 14.6 Å². The Hall–Kier alpha value is -3.05. The second-order valence-electron chi connectivity index (χ2n) is 6.40. The van der Waals surface area contributed by atoms with Gasteiger partial charge in [0, 0.05) is 19.2 Å². The first-order chi connectivity index (χ1) is 13.3. The molecule has 5 nitrogen and oxygen atoms in total. The standard InChI is InChI=1S/C22H22N2O3/c1-26-11-12-27-21-19(22-23-9-10-24-22)14-15-5-2-3-8-18(15)20(21)16-6-4-7-17(25)13-16/h2-8,13-14,25H,9-12H2,1H3,(H,23,24). The fraction of sp³-hybridized carbons (Fsp3) is 0.227. The van der Waals surface area contributed by atoms with E-state index in [0.29, 0.717) is 13.2 Å². The third-order valence-electron chi connectivity index (χ3n) is 4.60. The smallest absolute Gasteiger partial charge is 0.138 e. The van der Waals surface area contributed by atoms with E-state index < -0.39 is 0 Å². The molecule has 1 heterocycles. The maximum Gasteiger partial charge on any atom is 0.138 e. The van der Waals surface area contributed by atoms with Crippen LogP contribution in [0.3, 0.4) is 0 Å². The zero-order chi connectivity index (χ0) is 18.6. The molecule has 0 radical (unpaired) electrons. The van der Waals surface area contributed by atoms with Gasteiger partial charge in [0.15, 0.2) is 0 Å². The van der Waals surface area contributed by atoms with Crippen molar-refractivity contribution in [2.24, 2.45) is 4.99 Å². The van der Waals surface area contributed by atoms with E-state index >= 15 is 0 Å². The highest BCUT2D eigenvalue weighted by Gasteiger charge is 2.21. The van der Waals surface area contributed by atoms with Crippen LogP contribution in [0.25, 0.3) is 21.9 Å². The molecule has 0 aliphatic carbocycles. The minimum Gasteiger partial charge on any atom is -0.508 e. The minimum absolute atomic E-state index is 0.223. The highest BCUT2D eigenvalue weighted by atomic mass is 16.5. The quantitative estimate of drug-likeness (QED) is 0.658. The Labute approximate surface area is 158 Å². The molecular weight excluding hydrogens is 340 g/mol. The molecule has 0 atom stereocenters. The Bertz CT molecular complexity index is 998. The number of amidine groups is 1. The van der Waals surface area contributed by atoms with Crippen LogP contribution in [-0.4, -0.2) is 44.4 Å². The van der Waals surface area contributed by atoms with E-state index in [9.17, 15) is 5.11 Å². The largest absolute Gasteiger partial charge is 0.508 e. The number of aromatic hydroxyl groups is 1. The second kappa shape index (κ2) is 7.68. The van der Waals surface area contributed by atoms with Gasteiger partial charge in [-0.3, -0.25) is 4.99 Å². The van der Waals surface area contributed by atoms with Crippen LogP contribution in [0.15, 0.2) is 59.6 Å². The number of methoxy groups -OCH3 is 1. The lowest BCUT2D eigenvalue weighted by atomic mass is 9.93.